The highest BCUT2D eigenvalue weighted by Gasteiger charge is 2.34. The Hall–Kier alpha value is 0.160. The summed E-state index contributed by atoms with van der Waals surface area (Å²) in [6.07, 6.45) is 2.89. The van der Waals surface area contributed by atoms with Crippen molar-refractivity contribution in [2.75, 3.05) is 25.5 Å². The zero-order valence-corrected chi connectivity index (χ0v) is 11.6. The Morgan fingerprint density at radius 2 is 1.94 bits per heavy atom. The van der Waals surface area contributed by atoms with Gasteiger partial charge < -0.3 is 0 Å². The van der Waals surface area contributed by atoms with E-state index in [-0.39, 0.29) is 6.04 Å². The molecule has 1 aliphatic heterocycles. The first kappa shape index (κ1) is 14.2. The third-order valence-corrected chi connectivity index (χ3v) is 5.68. The second-order valence-corrected chi connectivity index (χ2v) is 6.20. The zero-order valence-electron chi connectivity index (χ0n) is 10.0. The normalized spacial score (nSPS) is 23.9. The van der Waals surface area contributed by atoms with Gasteiger partial charge in [-0.05, 0) is 12.8 Å². The molecule has 1 rings (SSSR count). The number of alkyl halides is 1. The van der Waals surface area contributed by atoms with Crippen molar-refractivity contribution in [2.24, 2.45) is 0 Å². The standard InChI is InChI=1S/C10H21ClN2O2S/c1-3-12(4-2)16(14,15)13-8-6-5-7-10(13)9-11/h10H,3-9H2,1-2H3. The smallest absolute Gasteiger partial charge is 0.195 e. The van der Waals surface area contributed by atoms with Gasteiger partial charge in [0.05, 0.1) is 0 Å². The molecule has 4 nitrogen and oxygen atoms in total. The van der Waals surface area contributed by atoms with E-state index in [2.05, 4.69) is 0 Å². The lowest BCUT2D eigenvalue weighted by Crippen LogP contribution is -2.51. The van der Waals surface area contributed by atoms with Crippen LogP contribution in [0.5, 0.6) is 0 Å². The monoisotopic (exact) mass is 268 g/mol. The molecular weight excluding hydrogens is 248 g/mol. The number of hydrogen-bond acceptors (Lipinski definition) is 2. The summed E-state index contributed by atoms with van der Waals surface area (Å²) in [6.45, 7) is 5.37. The van der Waals surface area contributed by atoms with Crippen LogP contribution in [-0.2, 0) is 10.2 Å². The molecule has 1 heterocycles. The van der Waals surface area contributed by atoms with Crippen molar-refractivity contribution in [2.45, 2.75) is 39.2 Å². The van der Waals surface area contributed by atoms with Gasteiger partial charge in [0, 0.05) is 31.6 Å². The molecule has 0 bridgehead atoms. The maximum atomic E-state index is 12.3. The van der Waals surface area contributed by atoms with E-state index in [4.69, 9.17) is 11.6 Å². The zero-order chi connectivity index (χ0) is 12.2. The van der Waals surface area contributed by atoms with Gasteiger partial charge in [-0.1, -0.05) is 20.3 Å². The molecule has 0 aromatic carbocycles. The summed E-state index contributed by atoms with van der Waals surface area (Å²) in [5.41, 5.74) is 0. The number of hydrogen-bond donors (Lipinski definition) is 0. The third-order valence-electron chi connectivity index (χ3n) is 3.08. The van der Waals surface area contributed by atoms with E-state index in [1.807, 2.05) is 13.8 Å². The molecule has 96 valence electrons. The van der Waals surface area contributed by atoms with Crippen molar-refractivity contribution >= 4 is 21.8 Å². The summed E-state index contributed by atoms with van der Waals surface area (Å²) in [5, 5.41) is 0. The lowest BCUT2D eigenvalue weighted by Gasteiger charge is -2.36. The minimum atomic E-state index is -3.30. The molecule has 1 fully saturated rings. The third kappa shape index (κ3) is 2.88. The van der Waals surface area contributed by atoms with Gasteiger partial charge in [0.2, 0.25) is 0 Å². The van der Waals surface area contributed by atoms with Crippen molar-refractivity contribution in [3.63, 3.8) is 0 Å². The predicted molar refractivity (Wildman–Crippen MR) is 66.9 cm³/mol. The SMILES string of the molecule is CCN(CC)S(=O)(=O)N1CCCCC1CCl. The highest BCUT2D eigenvalue weighted by atomic mass is 35.5. The maximum absolute atomic E-state index is 12.3. The molecule has 1 unspecified atom stereocenters. The summed E-state index contributed by atoms with van der Waals surface area (Å²) in [7, 11) is -3.30. The average molecular weight is 269 g/mol. The second-order valence-electron chi connectivity index (χ2n) is 4.01. The Morgan fingerprint density at radius 3 is 2.44 bits per heavy atom. The molecule has 16 heavy (non-hydrogen) atoms. The van der Waals surface area contributed by atoms with Crippen LogP contribution in [0.15, 0.2) is 0 Å². The number of rotatable bonds is 5. The van der Waals surface area contributed by atoms with Crippen LogP contribution in [0.2, 0.25) is 0 Å². The van der Waals surface area contributed by atoms with Gasteiger partial charge in [-0.15, -0.1) is 11.6 Å². The fraction of sp³-hybridized carbons (Fsp3) is 1.00. The van der Waals surface area contributed by atoms with E-state index < -0.39 is 10.2 Å². The Balaban J connectivity index is 2.87. The fourth-order valence-electron chi connectivity index (χ4n) is 2.13. The molecule has 0 spiro atoms. The van der Waals surface area contributed by atoms with Crippen molar-refractivity contribution < 1.29 is 8.42 Å². The molecule has 0 N–H and O–H groups in total. The average Bonchev–Trinajstić information content (AvgIpc) is 2.30. The van der Waals surface area contributed by atoms with Gasteiger partial charge in [0.1, 0.15) is 0 Å². The second kappa shape index (κ2) is 6.19. The van der Waals surface area contributed by atoms with Crippen LogP contribution in [0.4, 0.5) is 0 Å². The van der Waals surface area contributed by atoms with Crippen molar-refractivity contribution in [1.82, 2.24) is 8.61 Å². The van der Waals surface area contributed by atoms with Crippen LogP contribution in [0.25, 0.3) is 0 Å². The first-order chi connectivity index (χ1) is 7.57. The number of piperidine rings is 1. The molecule has 0 aromatic rings. The van der Waals surface area contributed by atoms with Crippen molar-refractivity contribution in [3.8, 4) is 0 Å². The van der Waals surface area contributed by atoms with Gasteiger partial charge in [-0.3, -0.25) is 0 Å². The predicted octanol–water partition coefficient (Wildman–Crippen LogP) is 1.67. The molecule has 0 aromatic heterocycles. The Kier molecular flexibility index (Phi) is 5.50. The quantitative estimate of drug-likeness (QED) is 0.712. The van der Waals surface area contributed by atoms with Gasteiger partial charge in [0.15, 0.2) is 0 Å². The molecule has 1 saturated heterocycles. The highest BCUT2D eigenvalue weighted by Crippen LogP contribution is 2.23. The fourth-order valence-corrected chi connectivity index (χ4v) is 4.40. The molecule has 0 aliphatic carbocycles. The Bertz CT molecular complexity index is 304. The van der Waals surface area contributed by atoms with Gasteiger partial charge in [-0.2, -0.15) is 17.0 Å². The van der Waals surface area contributed by atoms with Crippen molar-refractivity contribution in [1.29, 1.82) is 0 Å². The van der Waals surface area contributed by atoms with Crippen LogP contribution in [0.3, 0.4) is 0 Å². The van der Waals surface area contributed by atoms with E-state index >= 15 is 0 Å². The lowest BCUT2D eigenvalue weighted by atomic mass is 10.1. The highest BCUT2D eigenvalue weighted by molar-refractivity contribution is 7.86. The summed E-state index contributed by atoms with van der Waals surface area (Å²) in [5.74, 6) is 0.389. The van der Waals surface area contributed by atoms with E-state index in [0.29, 0.717) is 25.5 Å². The van der Waals surface area contributed by atoms with Gasteiger partial charge in [0.25, 0.3) is 10.2 Å². The largest absolute Gasteiger partial charge is 0.282 e. The molecule has 1 aliphatic rings. The van der Waals surface area contributed by atoms with Crippen LogP contribution < -0.4 is 0 Å². The Labute approximate surface area is 104 Å². The van der Waals surface area contributed by atoms with Crippen LogP contribution in [0.1, 0.15) is 33.1 Å². The number of halogens is 1. The summed E-state index contributed by atoms with van der Waals surface area (Å²) >= 11 is 5.85. The minimum Gasteiger partial charge on any atom is -0.195 e. The molecular formula is C10H21ClN2O2S. The van der Waals surface area contributed by atoms with Crippen LogP contribution >= 0.6 is 11.6 Å². The first-order valence-corrected chi connectivity index (χ1v) is 7.83. The minimum absolute atomic E-state index is 0.0268. The summed E-state index contributed by atoms with van der Waals surface area (Å²) < 4.78 is 27.7. The van der Waals surface area contributed by atoms with E-state index in [1.54, 1.807) is 4.31 Å². The lowest BCUT2D eigenvalue weighted by molar-refractivity contribution is 0.249. The summed E-state index contributed by atoms with van der Waals surface area (Å²) in [6, 6.07) is -0.0268. The van der Waals surface area contributed by atoms with Crippen LogP contribution in [0, 0.1) is 0 Å². The van der Waals surface area contributed by atoms with Crippen LogP contribution in [-0.4, -0.2) is 48.6 Å². The molecule has 0 saturated carbocycles. The molecule has 1 atom stereocenters. The topological polar surface area (TPSA) is 40.6 Å². The van der Waals surface area contributed by atoms with Gasteiger partial charge >= 0.3 is 0 Å². The van der Waals surface area contributed by atoms with Crippen molar-refractivity contribution in [3.05, 3.63) is 0 Å². The number of nitrogens with zero attached hydrogens (tertiary/aromatic N) is 2. The first-order valence-electron chi connectivity index (χ1n) is 5.90. The van der Waals surface area contributed by atoms with Gasteiger partial charge in [-0.25, -0.2) is 0 Å². The molecule has 0 amide bonds. The molecule has 0 radical (unpaired) electrons. The van der Waals surface area contributed by atoms with E-state index in [1.165, 1.54) is 4.31 Å². The van der Waals surface area contributed by atoms with E-state index in [0.717, 1.165) is 19.3 Å². The van der Waals surface area contributed by atoms with E-state index in [9.17, 15) is 8.42 Å². The Morgan fingerprint density at radius 1 is 1.31 bits per heavy atom. The maximum Gasteiger partial charge on any atom is 0.282 e. The molecule has 6 heteroatoms. The summed E-state index contributed by atoms with van der Waals surface area (Å²) in [4.78, 5) is 0.